The molecule has 7 atom stereocenters. The monoisotopic (exact) mass is 890 g/mol. The number of ether oxygens (including phenoxy) is 6. The van der Waals surface area contributed by atoms with E-state index in [4.69, 9.17) is 53.8 Å². The van der Waals surface area contributed by atoms with Gasteiger partial charge in [-0.3, -0.25) is 4.79 Å². The van der Waals surface area contributed by atoms with Crippen molar-refractivity contribution in [3.8, 4) is 11.5 Å². The Bertz CT molecular complexity index is 2440. The van der Waals surface area contributed by atoms with Crippen molar-refractivity contribution < 1.29 is 55.9 Å². The number of rotatable bonds is 17. The normalized spacial score (nSPS) is 22.2. The summed E-state index contributed by atoms with van der Waals surface area (Å²) >= 11 is 6.00. The van der Waals surface area contributed by atoms with E-state index in [1.165, 1.54) is 20.4 Å². The summed E-state index contributed by atoms with van der Waals surface area (Å²) in [4.78, 5) is 42.0. The number of carbonyl (C=O) groups excluding carboxylic acids is 1. The lowest BCUT2D eigenvalue weighted by Crippen LogP contribution is -2.42. The molecule has 2 fully saturated rings. The number of carbonyl (C=O) groups is 1. The van der Waals surface area contributed by atoms with Crippen LogP contribution in [0.15, 0.2) is 114 Å². The van der Waals surface area contributed by atoms with Crippen LogP contribution in [0.25, 0.3) is 0 Å². The van der Waals surface area contributed by atoms with Gasteiger partial charge in [0.2, 0.25) is 25.1 Å². The maximum absolute atomic E-state index is 12.4. The fraction of sp³-hybridized carbons (Fsp3) is 0.386. The molecule has 0 bridgehead atoms. The van der Waals surface area contributed by atoms with Crippen LogP contribution in [-0.2, 0) is 54.7 Å². The SMILES string of the molecule is COc1ccc(C(OCC2OC([n+]3c[nH]c(=O)c(C)c3)CC2OP(=S)(OC)OCC2OC([n+]3c[nH]c(=O)c(C)c3)CC2OC(C)=O)(c2ccccc2)c2ccc(OC)cc2)cc1. The molecule has 2 aromatic heterocycles. The summed E-state index contributed by atoms with van der Waals surface area (Å²) in [6, 6.07) is 25.3. The van der Waals surface area contributed by atoms with Gasteiger partial charge in [-0.2, -0.15) is 0 Å². The average Bonchev–Trinajstić information content (AvgIpc) is 3.88. The number of nitrogens with one attached hydrogen (secondary N) is 2. The summed E-state index contributed by atoms with van der Waals surface area (Å²) in [5.74, 6) is 0.877. The summed E-state index contributed by atoms with van der Waals surface area (Å²) in [7, 11) is 4.64. The van der Waals surface area contributed by atoms with E-state index in [0.717, 1.165) is 16.7 Å². The summed E-state index contributed by atoms with van der Waals surface area (Å²) in [5.41, 5.74) is 1.86. The van der Waals surface area contributed by atoms with Crippen LogP contribution < -0.4 is 29.7 Å². The fourth-order valence-corrected chi connectivity index (χ4v) is 9.37. The van der Waals surface area contributed by atoms with Crippen molar-refractivity contribution in [2.75, 3.05) is 34.5 Å². The van der Waals surface area contributed by atoms with Crippen molar-refractivity contribution in [2.45, 2.75) is 76.1 Å². The Morgan fingerprint density at radius 2 is 1.23 bits per heavy atom. The Morgan fingerprint density at radius 1 is 0.742 bits per heavy atom. The highest BCUT2D eigenvalue weighted by molar-refractivity contribution is 8.07. The summed E-state index contributed by atoms with van der Waals surface area (Å²) in [6.07, 6.45) is 2.88. The number of benzene rings is 3. The lowest BCUT2D eigenvalue weighted by atomic mass is 9.80. The third-order valence-electron chi connectivity index (χ3n) is 11.0. The van der Waals surface area contributed by atoms with Gasteiger partial charge >= 0.3 is 23.8 Å². The van der Waals surface area contributed by atoms with Crippen LogP contribution in [-0.4, -0.2) is 74.9 Å². The Morgan fingerprint density at radius 3 is 1.69 bits per heavy atom. The van der Waals surface area contributed by atoms with Gasteiger partial charge in [-0.05, 0) is 66.6 Å². The Hall–Kier alpha value is -5.10. The van der Waals surface area contributed by atoms with Crippen molar-refractivity contribution in [3.05, 3.63) is 152 Å². The maximum atomic E-state index is 12.4. The summed E-state index contributed by atoms with van der Waals surface area (Å²) in [5, 5.41) is 0. The molecular formula is C44H51N4O12PS+2. The molecule has 0 radical (unpaired) electrons. The molecule has 62 heavy (non-hydrogen) atoms. The van der Waals surface area contributed by atoms with Crippen LogP contribution >= 0.6 is 6.72 Å². The number of aryl methyl sites for hydroxylation is 2. The second-order valence-corrected chi connectivity index (χ2v) is 18.1. The van der Waals surface area contributed by atoms with Gasteiger partial charge in [0.05, 0.1) is 45.0 Å². The predicted molar refractivity (Wildman–Crippen MR) is 227 cm³/mol. The van der Waals surface area contributed by atoms with Gasteiger partial charge in [0.25, 0.3) is 0 Å². The molecule has 2 aliphatic rings. The zero-order valence-corrected chi connectivity index (χ0v) is 37.0. The smallest absolute Gasteiger partial charge is 0.337 e. The third-order valence-corrected chi connectivity index (χ3v) is 13.4. The largest absolute Gasteiger partial charge is 0.497 e. The van der Waals surface area contributed by atoms with Crippen LogP contribution in [0, 0.1) is 13.8 Å². The molecule has 16 nitrogen and oxygen atoms in total. The molecule has 7 rings (SSSR count). The first kappa shape index (κ1) is 44.9. The zero-order chi connectivity index (χ0) is 44.0. The highest BCUT2D eigenvalue weighted by Gasteiger charge is 2.47. The van der Waals surface area contributed by atoms with Gasteiger partial charge in [0.1, 0.15) is 53.9 Å². The van der Waals surface area contributed by atoms with Crippen molar-refractivity contribution in [1.29, 1.82) is 0 Å². The van der Waals surface area contributed by atoms with Crippen LogP contribution in [0.3, 0.4) is 0 Å². The maximum Gasteiger partial charge on any atom is 0.337 e. The number of aromatic amines is 2. The first-order valence-corrected chi connectivity index (χ1v) is 22.6. The lowest BCUT2D eigenvalue weighted by Gasteiger charge is -2.37. The van der Waals surface area contributed by atoms with E-state index >= 15 is 0 Å². The third kappa shape index (κ3) is 9.90. The van der Waals surface area contributed by atoms with E-state index in [1.54, 1.807) is 55.9 Å². The molecule has 0 amide bonds. The van der Waals surface area contributed by atoms with Crippen molar-refractivity contribution in [3.63, 3.8) is 0 Å². The molecule has 7 unspecified atom stereocenters. The molecule has 4 heterocycles. The highest BCUT2D eigenvalue weighted by atomic mass is 32.5. The molecule has 18 heteroatoms. The Kier molecular flexibility index (Phi) is 14.2. The molecule has 2 saturated heterocycles. The minimum absolute atomic E-state index is 0.00614. The quantitative estimate of drug-likeness (QED) is 0.0567. The van der Waals surface area contributed by atoms with Crippen molar-refractivity contribution in [1.82, 2.24) is 9.97 Å². The van der Waals surface area contributed by atoms with E-state index in [-0.39, 0.29) is 30.8 Å². The number of nitrogens with zero attached hydrogens (tertiary/aromatic N) is 2. The van der Waals surface area contributed by atoms with Crippen LogP contribution in [0.5, 0.6) is 11.5 Å². The van der Waals surface area contributed by atoms with Gasteiger partial charge in [-0.25, -0.2) is 28.7 Å². The molecule has 328 valence electrons. The van der Waals surface area contributed by atoms with Gasteiger partial charge in [0, 0.05) is 20.5 Å². The van der Waals surface area contributed by atoms with Gasteiger partial charge in [-0.1, -0.05) is 54.6 Å². The van der Waals surface area contributed by atoms with Crippen molar-refractivity contribution in [2.24, 2.45) is 0 Å². The Balaban J connectivity index is 1.20. The molecule has 5 aromatic rings. The zero-order valence-electron chi connectivity index (χ0n) is 35.3. The molecule has 2 N–H and O–H groups in total. The first-order valence-electron chi connectivity index (χ1n) is 20.0. The summed E-state index contributed by atoms with van der Waals surface area (Å²) in [6.45, 7) is 1.01. The van der Waals surface area contributed by atoms with E-state index in [2.05, 4.69) is 9.97 Å². The van der Waals surface area contributed by atoms with Crippen molar-refractivity contribution >= 4 is 24.5 Å². The molecule has 2 aliphatic heterocycles. The van der Waals surface area contributed by atoms with E-state index in [1.807, 2.05) is 78.9 Å². The van der Waals surface area contributed by atoms with Crippen LogP contribution in [0.1, 0.15) is 60.0 Å². The molecule has 0 saturated carbocycles. The van der Waals surface area contributed by atoms with E-state index < -0.39 is 55.2 Å². The van der Waals surface area contributed by atoms with Gasteiger partial charge < -0.3 is 42.0 Å². The predicted octanol–water partition coefficient (Wildman–Crippen LogP) is 4.76. The number of esters is 1. The summed E-state index contributed by atoms with van der Waals surface area (Å²) < 4.78 is 59.3. The van der Waals surface area contributed by atoms with Gasteiger partial charge in [0.15, 0.2) is 0 Å². The van der Waals surface area contributed by atoms with Gasteiger partial charge in [-0.15, -0.1) is 0 Å². The average molecular weight is 891 g/mol. The topological polar surface area (TPSA) is 174 Å². The molecule has 0 spiro atoms. The minimum atomic E-state index is -3.57. The first-order chi connectivity index (χ1) is 29.8. The second kappa shape index (κ2) is 19.5. The van der Waals surface area contributed by atoms with Crippen LogP contribution in [0.4, 0.5) is 0 Å². The lowest BCUT2D eigenvalue weighted by molar-refractivity contribution is -0.762. The Labute approximate surface area is 363 Å². The van der Waals surface area contributed by atoms with E-state index in [9.17, 15) is 14.4 Å². The molecule has 3 aromatic carbocycles. The number of aromatic nitrogens is 4. The van der Waals surface area contributed by atoms with E-state index in [0.29, 0.717) is 29.0 Å². The minimum Gasteiger partial charge on any atom is -0.497 e. The second-order valence-electron chi connectivity index (χ2n) is 15.0. The number of H-pyrrole nitrogens is 2. The fourth-order valence-electron chi connectivity index (χ4n) is 7.72. The van der Waals surface area contributed by atoms with Crippen LogP contribution in [0.2, 0.25) is 0 Å². The number of hydrogen-bond donors (Lipinski definition) is 2. The number of methoxy groups -OCH3 is 2. The number of hydrogen-bond acceptors (Lipinski definition) is 13. The highest BCUT2D eigenvalue weighted by Crippen LogP contribution is 2.53. The standard InChI is InChI=1S/C44H49N4O12PS/c1-28-22-47(26-45-42(28)50)40-20-36(57-30(3)49)39(59-40)25-56-61(62,54-6)60-37-21-41(48-23-29(2)43(51)46-27-48)58-38(37)24-55-44(31-10-8-7-9-11-31,32-12-16-34(52-4)17-13-32)33-14-18-35(53-5)19-15-33/h7-19,22-23,26-27,36-41H,20-21,24-25H2,1-6H3/p+2. The molecule has 0 aliphatic carbocycles. The molecular weight excluding hydrogens is 840 g/mol.